The molecule has 2 aromatic heterocycles. The van der Waals surface area contributed by atoms with Gasteiger partial charge in [-0.15, -0.1) is 12.4 Å². The number of carbonyl (C=O) groups is 1. The Morgan fingerprint density at radius 2 is 2.13 bits per heavy atom. The van der Waals surface area contributed by atoms with Crippen LogP contribution in [0.5, 0.6) is 5.75 Å². The van der Waals surface area contributed by atoms with Gasteiger partial charge in [0, 0.05) is 12.1 Å². The Kier molecular flexibility index (Phi) is 6.52. The minimum absolute atomic E-state index is 0. The molecule has 3 aromatic rings. The predicted octanol–water partition coefficient (Wildman–Crippen LogP) is 1.97. The van der Waals surface area contributed by atoms with Gasteiger partial charge in [-0.25, -0.2) is 23.4 Å². The number of aromatic nitrogens is 4. The highest BCUT2D eigenvalue weighted by molar-refractivity contribution is 5.96. The fourth-order valence-electron chi connectivity index (χ4n) is 3.09. The molecule has 0 spiro atoms. The van der Waals surface area contributed by atoms with Crippen molar-refractivity contribution in [2.45, 2.75) is 13.5 Å². The van der Waals surface area contributed by atoms with Gasteiger partial charge >= 0.3 is 5.69 Å². The molecule has 0 aliphatic carbocycles. The van der Waals surface area contributed by atoms with Gasteiger partial charge in [0.1, 0.15) is 17.9 Å². The maximum absolute atomic E-state index is 12.8. The number of nitrogens with two attached hydrogens (primary N) is 1. The van der Waals surface area contributed by atoms with Gasteiger partial charge < -0.3 is 15.8 Å². The van der Waals surface area contributed by atoms with E-state index < -0.39 is 5.69 Å². The molecule has 0 bridgehead atoms. The molecule has 3 heterocycles. The Balaban J connectivity index is 0.00000272. The summed E-state index contributed by atoms with van der Waals surface area (Å²) >= 11 is 0. The third-order valence-corrected chi connectivity index (χ3v) is 4.71. The van der Waals surface area contributed by atoms with E-state index in [-0.39, 0.29) is 43.6 Å². The number of halogens is 2. The summed E-state index contributed by atoms with van der Waals surface area (Å²) in [7, 11) is 0. The first-order valence-corrected chi connectivity index (χ1v) is 9.18. The van der Waals surface area contributed by atoms with E-state index in [2.05, 4.69) is 15.4 Å². The molecule has 162 valence electrons. The molecular weight excluding hydrogens is 427 g/mol. The average molecular weight is 447 g/mol. The highest BCUT2D eigenvalue weighted by Gasteiger charge is 2.18. The van der Waals surface area contributed by atoms with Crippen LogP contribution in [0.2, 0.25) is 0 Å². The molecule has 1 aliphatic rings. The first-order chi connectivity index (χ1) is 14.5. The first-order valence-electron chi connectivity index (χ1n) is 9.18. The second-order valence-electron chi connectivity index (χ2n) is 6.80. The summed E-state index contributed by atoms with van der Waals surface area (Å²) in [4.78, 5) is 28.9. The van der Waals surface area contributed by atoms with Gasteiger partial charge in [-0.3, -0.25) is 4.79 Å². The van der Waals surface area contributed by atoms with E-state index in [1.54, 1.807) is 12.1 Å². The summed E-state index contributed by atoms with van der Waals surface area (Å²) < 4.78 is 20.6. The lowest BCUT2D eigenvalue weighted by Gasteiger charge is -2.18. The number of hydrogen-bond acceptors (Lipinski definition) is 6. The molecule has 0 atom stereocenters. The van der Waals surface area contributed by atoms with Gasteiger partial charge in [-0.2, -0.15) is 5.10 Å². The molecule has 11 heteroatoms. The number of ether oxygens (including phenoxy) is 1. The van der Waals surface area contributed by atoms with Crippen LogP contribution in [0.25, 0.3) is 17.1 Å². The van der Waals surface area contributed by atoms with Crippen LogP contribution in [0.1, 0.15) is 5.56 Å². The Morgan fingerprint density at radius 3 is 2.87 bits per heavy atom. The summed E-state index contributed by atoms with van der Waals surface area (Å²) in [6.45, 7) is 1.75. The largest absolute Gasteiger partial charge is 0.482 e. The molecule has 1 aliphatic heterocycles. The van der Waals surface area contributed by atoms with Crippen molar-refractivity contribution >= 4 is 24.0 Å². The fourth-order valence-corrected chi connectivity index (χ4v) is 3.09. The molecule has 0 radical (unpaired) electrons. The molecule has 0 saturated heterocycles. The zero-order valence-electron chi connectivity index (χ0n) is 16.5. The Labute approximate surface area is 182 Å². The molecule has 31 heavy (non-hydrogen) atoms. The van der Waals surface area contributed by atoms with E-state index in [9.17, 15) is 14.0 Å². The summed E-state index contributed by atoms with van der Waals surface area (Å²) in [6.07, 6.45) is 1.73. The van der Waals surface area contributed by atoms with Gasteiger partial charge in [0.25, 0.3) is 5.91 Å². The van der Waals surface area contributed by atoms with Crippen LogP contribution in [0.3, 0.4) is 0 Å². The number of anilines is 1. The van der Waals surface area contributed by atoms with Gasteiger partial charge in [0.05, 0.1) is 24.3 Å². The lowest BCUT2D eigenvalue weighted by atomic mass is 10.1. The summed E-state index contributed by atoms with van der Waals surface area (Å²) in [6, 6.07) is 9.00. The number of carbonyl (C=O) groups excluding carboxylic acids is 1. The number of aryl methyl sites for hydroxylation is 1. The van der Waals surface area contributed by atoms with Crippen LogP contribution >= 0.6 is 12.4 Å². The summed E-state index contributed by atoms with van der Waals surface area (Å²) in [5, 5.41) is 6.80. The lowest BCUT2D eigenvalue weighted by Crippen LogP contribution is -2.26. The van der Waals surface area contributed by atoms with Crippen molar-refractivity contribution in [3.63, 3.8) is 0 Å². The third kappa shape index (κ3) is 4.35. The minimum atomic E-state index is -0.457. The van der Waals surface area contributed by atoms with E-state index in [1.807, 2.05) is 25.1 Å². The van der Waals surface area contributed by atoms with Crippen molar-refractivity contribution < 1.29 is 13.9 Å². The molecular formula is C20H20ClFN6O3. The van der Waals surface area contributed by atoms with Gasteiger partial charge in [-0.05, 0) is 42.3 Å². The number of pyridine rings is 1. The number of nitrogens with zero attached hydrogens (tertiary/aromatic N) is 4. The summed E-state index contributed by atoms with van der Waals surface area (Å²) in [5.74, 6) is 0.760. The van der Waals surface area contributed by atoms with Crippen molar-refractivity contribution in [2.75, 3.05) is 18.5 Å². The second-order valence-corrected chi connectivity index (χ2v) is 6.80. The number of rotatable bonds is 5. The lowest BCUT2D eigenvalue weighted by molar-refractivity contribution is -0.118. The van der Waals surface area contributed by atoms with Crippen LogP contribution in [0.15, 0.2) is 53.4 Å². The van der Waals surface area contributed by atoms with Crippen molar-refractivity contribution in [2.24, 2.45) is 5.73 Å². The van der Waals surface area contributed by atoms with Crippen LogP contribution in [-0.2, 0) is 11.3 Å². The summed E-state index contributed by atoms with van der Waals surface area (Å²) in [5.41, 5.74) is 7.91. The molecule has 4 rings (SSSR count). The smallest absolute Gasteiger partial charge is 0.351 e. The van der Waals surface area contributed by atoms with Crippen LogP contribution in [0.4, 0.5) is 10.1 Å². The van der Waals surface area contributed by atoms with Crippen molar-refractivity contribution in [1.29, 1.82) is 0 Å². The van der Waals surface area contributed by atoms with E-state index in [0.29, 0.717) is 29.3 Å². The van der Waals surface area contributed by atoms with Gasteiger partial charge in [0.2, 0.25) is 0 Å². The zero-order valence-corrected chi connectivity index (χ0v) is 17.4. The normalized spacial score (nSPS) is 13.1. The quantitative estimate of drug-likeness (QED) is 0.618. The second kappa shape index (κ2) is 9.11. The molecule has 1 amide bonds. The third-order valence-electron chi connectivity index (χ3n) is 4.71. The molecule has 0 saturated carbocycles. The SMILES string of the molecule is Cc1ccc(-c2ccc3c(c2)NC(=O)CO3)nc1-n1cnn(C/C(=C/F)CN)c1=O.Cl. The van der Waals surface area contributed by atoms with Crippen LogP contribution in [0, 0.1) is 6.92 Å². The van der Waals surface area contributed by atoms with Gasteiger partial charge in [0.15, 0.2) is 6.61 Å². The minimum Gasteiger partial charge on any atom is -0.482 e. The standard InChI is InChI=1S/C20H19FN6O3.ClH/c1-12-2-4-15(14-3-5-17-16(6-14)24-18(28)10-30-17)25-19(12)26-11-23-27(20(26)29)9-13(7-21)8-22;/h2-7,11H,8-10,22H2,1H3,(H,24,28);1H/b13-7+;. The van der Waals surface area contributed by atoms with Crippen LogP contribution in [-0.4, -0.2) is 38.4 Å². The van der Waals surface area contributed by atoms with Gasteiger partial charge in [-0.1, -0.05) is 6.07 Å². The predicted molar refractivity (Wildman–Crippen MR) is 115 cm³/mol. The number of benzene rings is 1. The van der Waals surface area contributed by atoms with E-state index >= 15 is 0 Å². The molecule has 9 nitrogen and oxygen atoms in total. The maximum Gasteiger partial charge on any atom is 0.351 e. The van der Waals surface area contributed by atoms with E-state index in [1.165, 1.54) is 10.9 Å². The van der Waals surface area contributed by atoms with E-state index in [0.717, 1.165) is 15.8 Å². The average Bonchev–Trinajstić information content (AvgIpc) is 3.11. The molecule has 0 unspecified atom stereocenters. The van der Waals surface area contributed by atoms with Crippen LogP contribution < -0.4 is 21.5 Å². The Hall–Kier alpha value is -3.50. The number of hydrogen-bond donors (Lipinski definition) is 2. The van der Waals surface area contributed by atoms with Crippen molar-refractivity contribution in [3.05, 3.63) is 64.6 Å². The zero-order chi connectivity index (χ0) is 21.3. The maximum atomic E-state index is 12.8. The number of nitrogens with one attached hydrogen (secondary N) is 1. The highest BCUT2D eigenvalue weighted by atomic mass is 35.5. The van der Waals surface area contributed by atoms with Crippen molar-refractivity contribution in [1.82, 2.24) is 19.3 Å². The topological polar surface area (TPSA) is 117 Å². The van der Waals surface area contributed by atoms with E-state index in [4.69, 9.17) is 10.5 Å². The number of amides is 1. The molecule has 1 aromatic carbocycles. The Morgan fingerprint density at radius 1 is 1.32 bits per heavy atom. The van der Waals surface area contributed by atoms with Crippen molar-refractivity contribution in [3.8, 4) is 22.8 Å². The number of fused-ring (bicyclic) bond motifs is 1. The monoisotopic (exact) mass is 446 g/mol. The Bertz CT molecular complexity index is 1220. The molecule has 0 fully saturated rings. The first kappa shape index (κ1) is 22.2. The molecule has 3 N–H and O–H groups in total. The highest BCUT2D eigenvalue weighted by Crippen LogP contribution is 2.32. The fraction of sp³-hybridized carbons (Fsp3) is 0.200.